The molecule has 0 spiro atoms. The summed E-state index contributed by atoms with van der Waals surface area (Å²) in [6, 6.07) is 1.90. The Hall–Kier alpha value is -1.36. The Morgan fingerprint density at radius 1 is 1.77 bits per heavy atom. The van der Waals surface area contributed by atoms with Crippen LogP contribution in [0.25, 0.3) is 0 Å². The van der Waals surface area contributed by atoms with Gasteiger partial charge in [0.25, 0.3) is 0 Å². The van der Waals surface area contributed by atoms with Crippen LogP contribution in [0.15, 0.2) is 6.07 Å². The van der Waals surface area contributed by atoms with Crippen molar-refractivity contribution in [3.8, 4) is 0 Å². The summed E-state index contributed by atoms with van der Waals surface area (Å²) in [5, 5.41) is 10.1. The fraction of sp³-hybridized carbons (Fsp3) is 0.500. The van der Waals surface area contributed by atoms with E-state index in [1.165, 1.54) is 6.92 Å². The largest absolute Gasteiger partial charge is 0.309 e. The third kappa shape index (κ3) is 1.70. The van der Waals surface area contributed by atoms with Gasteiger partial charge < -0.3 is 10.6 Å². The van der Waals surface area contributed by atoms with Crippen LogP contribution in [0.1, 0.15) is 12.6 Å². The summed E-state index contributed by atoms with van der Waals surface area (Å²) in [6.45, 7) is 4.12. The lowest BCUT2D eigenvalue weighted by Crippen LogP contribution is -2.28. The molecule has 0 bridgehead atoms. The first kappa shape index (κ1) is 8.25. The molecule has 70 valence electrons. The summed E-state index contributed by atoms with van der Waals surface area (Å²) in [5.74, 6) is 0.564. The van der Waals surface area contributed by atoms with Crippen molar-refractivity contribution in [1.82, 2.24) is 15.1 Å². The number of hydrogen-bond acceptors (Lipinski definition) is 3. The van der Waals surface area contributed by atoms with Crippen LogP contribution < -0.4 is 10.6 Å². The van der Waals surface area contributed by atoms with Gasteiger partial charge >= 0.3 is 0 Å². The monoisotopic (exact) mass is 180 g/mol. The molecule has 5 nitrogen and oxygen atoms in total. The van der Waals surface area contributed by atoms with Gasteiger partial charge in [-0.05, 0) is 0 Å². The van der Waals surface area contributed by atoms with Crippen LogP contribution in [-0.2, 0) is 17.9 Å². The number of rotatable bonds is 1. The topological polar surface area (TPSA) is 59.0 Å². The van der Waals surface area contributed by atoms with E-state index >= 15 is 0 Å². The van der Waals surface area contributed by atoms with Crippen molar-refractivity contribution in [2.75, 3.05) is 11.9 Å². The number of nitrogens with zero attached hydrogens (tertiary/aromatic N) is 2. The van der Waals surface area contributed by atoms with E-state index in [1.807, 2.05) is 10.7 Å². The Morgan fingerprint density at radius 2 is 2.62 bits per heavy atom. The van der Waals surface area contributed by atoms with Crippen LogP contribution in [0.3, 0.4) is 0 Å². The van der Waals surface area contributed by atoms with Crippen molar-refractivity contribution >= 4 is 11.7 Å². The van der Waals surface area contributed by atoms with E-state index in [4.69, 9.17) is 0 Å². The first-order chi connectivity index (χ1) is 6.25. The molecule has 5 heteroatoms. The second-order valence-electron chi connectivity index (χ2n) is 3.10. The minimum absolute atomic E-state index is 0.0802. The van der Waals surface area contributed by atoms with Crippen molar-refractivity contribution in [1.29, 1.82) is 0 Å². The summed E-state index contributed by atoms with van der Waals surface area (Å²) in [7, 11) is 0. The Bertz CT molecular complexity index is 307. The molecule has 1 amide bonds. The Morgan fingerprint density at radius 3 is 3.31 bits per heavy atom. The van der Waals surface area contributed by atoms with E-state index in [0.717, 1.165) is 25.3 Å². The average Bonchev–Trinajstić information content (AvgIpc) is 2.44. The number of amides is 1. The Balaban J connectivity index is 2.20. The minimum atomic E-state index is -0.0802. The number of anilines is 1. The zero-order chi connectivity index (χ0) is 9.26. The molecule has 1 aliphatic heterocycles. The van der Waals surface area contributed by atoms with E-state index in [1.54, 1.807) is 0 Å². The summed E-state index contributed by atoms with van der Waals surface area (Å²) in [5.41, 5.74) is 1.12. The molecule has 0 atom stereocenters. The van der Waals surface area contributed by atoms with Crippen molar-refractivity contribution in [2.45, 2.75) is 20.0 Å². The maximum atomic E-state index is 10.7. The lowest BCUT2D eigenvalue weighted by atomic mass is 10.3. The van der Waals surface area contributed by atoms with Crippen LogP contribution in [0.5, 0.6) is 0 Å². The maximum absolute atomic E-state index is 10.7. The highest BCUT2D eigenvalue weighted by atomic mass is 16.1. The van der Waals surface area contributed by atoms with Gasteiger partial charge in [0.15, 0.2) is 5.82 Å². The van der Waals surface area contributed by atoms with Crippen molar-refractivity contribution in [2.24, 2.45) is 0 Å². The molecule has 0 aliphatic carbocycles. The third-order valence-electron chi connectivity index (χ3n) is 1.97. The zero-order valence-electron chi connectivity index (χ0n) is 7.50. The van der Waals surface area contributed by atoms with Gasteiger partial charge in [-0.2, -0.15) is 5.10 Å². The first-order valence-corrected chi connectivity index (χ1v) is 4.31. The molecule has 2 rings (SSSR count). The summed E-state index contributed by atoms with van der Waals surface area (Å²) >= 11 is 0. The van der Waals surface area contributed by atoms with Gasteiger partial charge in [0.2, 0.25) is 5.91 Å². The van der Waals surface area contributed by atoms with Crippen molar-refractivity contribution in [3.63, 3.8) is 0 Å². The number of aromatic nitrogens is 2. The van der Waals surface area contributed by atoms with Gasteiger partial charge in [0.05, 0.1) is 12.2 Å². The smallest absolute Gasteiger partial charge is 0.222 e. The predicted molar refractivity (Wildman–Crippen MR) is 48.2 cm³/mol. The molecule has 0 radical (unpaired) electrons. The van der Waals surface area contributed by atoms with Crippen molar-refractivity contribution in [3.05, 3.63) is 11.8 Å². The first-order valence-electron chi connectivity index (χ1n) is 4.31. The molecule has 0 fully saturated rings. The number of nitrogens with one attached hydrogen (secondary N) is 2. The summed E-state index contributed by atoms with van der Waals surface area (Å²) in [4.78, 5) is 10.7. The fourth-order valence-corrected chi connectivity index (χ4v) is 1.43. The zero-order valence-corrected chi connectivity index (χ0v) is 7.50. The normalized spacial score (nSPS) is 15.2. The van der Waals surface area contributed by atoms with Crippen LogP contribution in [0.4, 0.5) is 5.82 Å². The molecule has 0 saturated carbocycles. The summed E-state index contributed by atoms with van der Waals surface area (Å²) in [6.07, 6.45) is 0. The lowest BCUT2D eigenvalue weighted by molar-refractivity contribution is -0.114. The van der Waals surface area contributed by atoms with E-state index in [0.29, 0.717) is 5.82 Å². The number of carbonyl (C=O) groups is 1. The quantitative estimate of drug-likeness (QED) is 0.636. The predicted octanol–water partition coefficient (Wildman–Crippen LogP) is -0.0553. The molecule has 0 saturated heterocycles. The Kier molecular flexibility index (Phi) is 2.02. The number of fused-ring (bicyclic) bond motifs is 1. The molecule has 13 heavy (non-hydrogen) atoms. The highest BCUT2D eigenvalue weighted by molar-refractivity contribution is 5.87. The van der Waals surface area contributed by atoms with E-state index in [2.05, 4.69) is 15.7 Å². The van der Waals surface area contributed by atoms with Crippen LogP contribution in [0, 0.1) is 0 Å². The van der Waals surface area contributed by atoms with Gasteiger partial charge in [-0.25, -0.2) is 0 Å². The van der Waals surface area contributed by atoms with Gasteiger partial charge in [-0.3, -0.25) is 9.48 Å². The van der Waals surface area contributed by atoms with Crippen molar-refractivity contribution < 1.29 is 4.79 Å². The standard InChI is InChI=1S/C8H12N4O/c1-6(13)10-8-4-7-5-9-2-3-12(7)11-8/h4,9H,2-3,5H2,1H3,(H,10,11,13). The molecule has 0 aromatic carbocycles. The van der Waals surface area contributed by atoms with Gasteiger partial charge in [0, 0.05) is 26.1 Å². The van der Waals surface area contributed by atoms with Crippen LogP contribution in [-0.4, -0.2) is 22.2 Å². The van der Waals surface area contributed by atoms with Gasteiger partial charge in [0.1, 0.15) is 0 Å². The molecule has 2 N–H and O–H groups in total. The Labute approximate surface area is 76.1 Å². The number of carbonyl (C=O) groups excluding carboxylic acids is 1. The fourth-order valence-electron chi connectivity index (χ4n) is 1.43. The SMILES string of the molecule is CC(=O)Nc1cc2n(n1)CCNC2. The molecule has 0 unspecified atom stereocenters. The van der Waals surface area contributed by atoms with Crippen LogP contribution in [0.2, 0.25) is 0 Å². The third-order valence-corrected chi connectivity index (χ3v) is 1.97. The molecule has 1 aliphatic rings. The molecule has 2 heterocycles. The second kappa shape index (κ2) is 3.18. The average molecular weight is 180 g/mol. The minimum Gasteiger partial charge on any atom is -0.309 e. The maximum Gasteiger partial charge on any atom is 0.222 e. The highest BCUT2D eigenvalue weighted by Gasteiger charge is 2.11. The molecular formula is C8H12N4O. The van der Waals surface area contributed by atoms with E-state index in [-0.39, 0.29) is 5.91 Å². The second-order valence-corrected chi connectivity index (χ2v) is 3.10. The van der Waals surface area contributed by atoms with E-state index < -0.39 is 0 Å². The van der Waals surface area contributed by atoms with Gasteiger partial charge in [-0.15, -0.1) is 0 Å². The molecule has 1 aromatic rings. The number of hydrogen-bond donors (Lipinski definition) is 2. The summed E-state index contributed by atoms with van der Waals surface area (Å²) < 4.78 is 1.92. The van der Waals surface area contributed by atoms with Crippen LogP contribution >= 0.6 is 0 Å². The van der Waals surface area contributed by atoms with Gasteiger partial charge in [-0.1, -0.05) is 0 Å². The molecule has 1 aromatic heterocycles. The lowest BCUT2D eigenvalue weighted by Gasteiger charge is -2.13. The van der Waals surface area contributed by atoms with E-state index in [9.17, 15) is 4.79 Å². The highest BCUT2D eigenvalue weighted by Crippen LogP contribution is 2.11. The molecular weight excluding hydrogens is 168 g/mol.